The van der Waals surface area contributed by atoms with E-state index in [1.54, 1.807) is 25.2 Å². The van der Waals surface area contributed by atoms with Gasteiger partial charge in [-0.25, -0.2) is 4.98 Å². The fourth-order valence-corrected chi connectivity index (χ4v) is 2.81. The van der Waals surface area contributed by atoms with E-state index in [1.807, 2.05) is 6.07 Å². The standard InChI is InChI=1S/C14H13Cl2N5OS/c1-21(6-2-5-17)12(22)8-23-14-18-13(19-20-14)10-7-9(15)3-4-11(10)16/h3-4,7H,2,6,8H2,1H3,(H,18,19,20). The lowest BCUT2D eigenvalue weighted by atomic mass is 10.2. The number of rotatable bonds is 6. The summed E-state index contributed by atoms with van der Waals surface area (Å²) in [6.45, 7) is 0.410. The summed E-state index contributed by atoms with van der Waals surface area (Å²) in [6.07, 6.45) is 0.310. The van der Waals surface area contributed by atoms with Crippen LogP contribution in [0.15, 0.2) is 23.4 Å². The summed E-state index contributed by atoms with van der Waals surface area (Å²) in [4.78, 5) is 17.7. The van der Waals surface area contributed by atoms with E-state index in [0.29, 0.717) is 39.6 Å². The Bertz CT molecular complexity index is 743. The zero-order valence-corrected chi connectivity index (χ0v) is 14.5. The molecule has 6 nitrogen and oxygen atoms in total. The highest BCUT2D eigenvalue weighted by Gasteiger charge is 2.13. The lowest BCUT2D eigenvalue weighted by Gasteiger charge is -2.14. The van der Waals surface area contributed by atoms with Gasteiger partial charge in [-0.05, 0) is 18.2 Å². The van der Waals surface area contributed by atoms with E-state index in [1.165, 1.54) is 16.7 Å². The molecule has 0 unspecified atom stereocenters. The van der Waals surface area contributed by atoms with Crippen molar-refractivity contribution < 1.29 is 4.79 Å². The predicted molar refractivity (Wildman–Crippen MR) is 90.4 cm³/mol. The van der Waals surface area contributed by atoms with E-state index in [-0.39, 0.29) is 11.7 Å². The van der Waals surface area contributed by atoms with Crippen molar-refractivity contribution >= 4 is 40.9 Å². The molecule has 0 aliphatic rings. The summed E-state index contributed by atoms with van der Waals surface area (Å²) in [5.41, 5.74) is 0.649. The Morgan fingerprint density at radius 2 is 2.26 bits per heavy atom. The van der Waals surface area contributed by atoms with Crippen molar-refractivity contribution in [2.24, 2.45) is 0 Å². The number of nitrogens with one attached hydrogen (secondary N) is 1. The molecular formula is C14H13Cl2N5OS. The molecule has 0 fully saturated rings. The van der Waals surface area contributed by atoms with Crippen LogP contribution >= 0.6 is 35.0 Å². The lowest BCUT2D eigenvalue weighted by Crippen LogP contribution is -2.29. The minimum absolute atomic E-state index is 0.0858. The first kappa shape index (κ1) is 17.6. The highest BCUT2D eigenvalue weighted by atomic mass is 35.5. The Balaban J connectivity index is 1.99. The maximum Gasteiger partial charge on any atom is 0.232 e. The third-order valence-corrected chi connectivity index (χ3v) is 4.35. The van der Waals surface area contributed by atoms with Crippen LogP contribution in [0.4, 0.5) is 0 Å². The molecule has 0 saturated carbocycles. The van der Waals surface area contributed by atoms with Gasteiger partial charge in [-0.15, -0.1) is 5.10 Å². The lowest BCUT2D eigenvalue weighted by molar-refractivity contribution is -0.127. The monoisotopic (exact) mass is 369 g/mol. The molecule has 120 valence electrons. The second-order valence-electron chi connectivity index (χ2n) is 4.60. The van der Waals surface area contributed by atoms with Gasteiger partial charge >= 0.3 is 0 Å². The van der Waals surface area contributed by atoms with E-state index in [4.69, 9.17) is 28.5 Å². The predicted octanol–water partition coefficient (Wildman–Crippen LogP) is 3.24. The fourth-order valence-electron chi connectivity index (χ4n) is 1.69. The minimum atomic E-state index is -0.0858. The summed E-state index contributed by atoms with van der Waals surface area (Å²) in [5.74, 6) is 0.602. The molecule has 1 amide bonds. The van der Waals surface area contributed by atoms with Crippen LogP contribution in [0.25, 0.3) is 11.4 Å². The zero-order valence-electron chi connectivity index (χ0n) is 12.2. The number of thioether (sulfide) groups is 1. The second-order valence-corrected chi connectivity index (χ2v) is 6.39. The molecule has 0 bridgehead atoms. The number of aromatic amines is 1. The number of halogens is 2. The van der Waals surface area contributed by atoms with Crippen molar-refractivity contribution in [3.8, 4) is 17.5 Å². The van der Waals surface area contributed by atoms with E-state index in [0.717, 1.165) is 0 Å². The number of H-pyrrole nitrogens is 1. The zero-order chi connectivity index (χ0) is 16.8. The van der Waals surface area contributed by atoms with Gasteiger partial charge in [-0.1, -0.05) is 35.0 Å². The van der Waals surface area contributed by atoms with Crippen LogP contribution in [0.3, 0.4) is 0 Å². The van der Waals surface area contributed by atoms with Gasteiger partial charge in [0.15, 0.2) is 5.82 Å². The van der Waals surface area contributed by atoms with Gasteiger partial charge in [0.25, 0.3) is 0 Å². The average molecular weight is 370 g/mol. The van der Waals surface area contributed by atoms with Crippen LogP contribution in [-0.4, -0.2) is 45.3 Å². The molecule has 2 aromatic rings. The molecule has 0 aliphatic carbocycles. The van der Waals surface area contributed by atoms with Crippen molar-refractivity contribution in [3.63, 3.8) is 0 Å². The quantitative estimate of drug-likeness (QED) is 0.789. The maximum absolute atomic E-state index is 11.9. The Hall–Kier alpha value is -1.75. The molecule has 1 aromatic carbocycles. The summed E-state index contributed by atoms with van der Waals surface area (Å²) >= 11 is 13.3. The minimum Gasteiger partial charge on any atom is -0.344 e. The van der Waals surface area contributed by atoms with Crippen LogP contribution in [0.2, 0.25) is 10.0 Å². The van der Waals surface area contributed by atoms with Gasteiger partial charge < -0.3 is 4.90 Å². The van der Waals surface area contributed by atoms with Crippen LogP contribution < -0.4 is 0 Å². The fraction of sp³-hybridized carbons (Fsp3) is 0.286. The molecule has 2 rings (SSSR count). The second kappa shape index (κ2) is 8.20. The Morgan fingerprint density at radius 3 is 3.00 bits per heavy atom. The number of carbonyl (C=O) groups excluding carboxylic acids is 1. The molecule has 0 spiro atoms. The van der Waals surface area contributed by atoms with Crippen molar-refractivity contribution in [1.82, 2.24) is 20.1 Å². The van der Waals surface area contributed by atoms with Crippen LogP contribution in [0.1, 0.15) is 6.42 Å². The molecule has 9 heteroatoms. The van der Waals surface area contributed by atoms with Crippen molar-refractivity contribution in [2.45, 2.75) is 11.6 Å². The molecule has 1 heterocycles. The molecule has 0 aliphatic heterocycles. The van der Waals surface area contributed by atoms with Gasteiger partial charge in [-0.2, -0.15) is 5.26 Å². The van der Waals surface area contributed by atoms with Crippen molar-refractivity contribution in [3.05, 3.63) is 28.2 Å². The van der Waals surface area contributed by atoms with Gasteiger partial charge in [0.2, 0.25) is 11.1 Å². The summed E-state index contributed by atoms with van der Waals surface area (Å²) in [5, 5.41) is 16.9. The normalized spacial score (nSPS) is 10.3. The van der Waals surface area contributed by atoms with Gasteiger partial charge in [-0.3, -0.25) is 9.89 Å². The Kier molecular flexibility index (Phi) is 6.28. The van der Waals surface area contributed by atoms with E-state index in [2.05, 4.69) is 15.2 Å². The molecule has 1 aromatic heterocycles. The average Bonchev–Trinajstić information content (AvgIpc) is 3.01. The highest BCUT2D eigenvalue weighted by molar-refractivity contribution is 7.99. The van der Waals surface area contributed by atoms with E-state index in [9.17, 15) is 4.79 Å². The third kappa shape index (κ3) is 4.86. The largest absolute Gasteiger partial charge is 0.344 e. The maximum atomic E-state index is 11.9. The third-order valence-electron chi connectivity index (χ3n) is 2.96. The summed E-state index contributed by atoms with van der Waals surface area (Å²) < 4.78 is 0. The van der Waals surface area contributed by atoms with E-state index < -0.39 is 0 Å². The molecule has 0 radical (unpaired) electrons. The first-order chi connectivity index (χ1) is 11.0. The Morgan fingerprint density at radius 1 is 1.48 bits per heavy atom. The molecular weight excluding hydrogens is 357 g/mol. The first-order valence-electron chi connectivity index (χ1n) is 6.63. The van der Waals surface area contributed by atoms with E-state index >= 15 is 0 Å². The number of amides is 1. The summed E-state index contributed by atoms with van der Waals surface area (Å²) in [6, 6.07) is 7.07. The Labute approximate surface area is 147 Å². The number of aromatic nitrogens is 3. The van der Waals surface area contributed by atoms with Gasteiger partial charge in [0.05, 0.1) is 23.3 Å². The number of hydrogen-bond acceptors (Lipinski definition) is 5. The molecule has 0 saturated heterocycles. The van der Waals surface area contributed by atoms with Crippen LogP contribution in [0, 0.1) is 11.3 Å². The number of nitrogens with zero attached hydrogens (tertiary/aromatic N) is 4. The molecule has 1 N–H and O–H groups in total. The SMILES string of the molecule is CN(CCC#N)C(=O)CSc1n[nH]c(-c2cc(Cl)ccc2Cl)n1. The first-order valence-corrected chi connectivity index (χ1v) is 8.37. The molecule has 0 atom stereocenters. The van der Waals surface area contributed by atoms with Crippen LogP contribution in [0.5, 0.6) is 0 Å². The highest BCUT2D eigenvalue weighted by Crippen LogP contribution is 2.29. The number of hydrogen-bond donors (Lipinski definition) is 1. The smallest absolute Gasteiger partial charge is 0.232 e. The molecule has 23 heavy (non-hydrogen) atoms. The van der Waals surface area contributed by atoms with Gasteiger partial charge in [0, 0.05) is 24.2 Å². The van der Waals surface area contributed by atoms with Crippen molar-refractivity contribution in [1.29, 1.82) is 5.26 Å². The van der Waals surface area contributed by atoms with Crippen LogP contribution in [-0.2, 0) is 4.79 Å². The topological polar surface area (TPSA) is 85.7 Å². The number of benzene rings is 1. The number of carbonyl (C=O) groups is 1. The summed E-state index contributed by atoms with van der Waals surface area (Å²) in [7, 11) is 1.66. The number of nitriles is 1. The van der Waals surface area contributed by atoms with Gasteiger partial charge in [0.1, 0.15) is 0 Å². The van der Waals surface area contributed by atoms with Crippen molar-refractivity contribution in [2.75, 3.05) is 19.3 Å².